The molecule has 2 atom stereocenters. The molecule has 1 aliphatic rings. The van der Waals surface area contributed by atoms with Crippen LogP contribution in [0.1, 0.15) is 112 Å². The first kappa shape index (κ1) is 48.0. The molecule has 1 saturated heterocycles. The summed E-state index contributed by atoms with van der Waals surface area (Å²) in [7, 11) is 0. The number of benzene rings is 2. The minimum absolute atomic E-state index is 0.112. The first-order valence-electron chi connectivity index (χ1n) is 19.7. The number of anilines is 2. The third kappa shape index (κ3) is 17.3. The first-order valence-corrected chi connectivity index (χ1v) is 19.7. The topological polar surface area (TPSA) is 189 Å². The van der Waals surface area contributed by atoms with Crippen molar-refractivity contribution in [3.63, 3.8) is 0 Å². The van der Waals surface area contributed by atoms with Crippen LogP contribution in [0.4, 0.5) is 11.4 Å². The molecular formula is C43H63N5O9. The minimum atomic E-state index is -0.862. The third-order valence-corrected chi connectivity index (χ3v) is 8.87. The Morgan fingerprint density at radius 1 is 0.842 bits per heavy atom. The van der Waals surface area contributed by atoms with Gasteiger partial charge in [0, 0.05) is 36.6 Å². The largest absolute Gasteiger partial charge is 0.461 e. The summed E-state index contributed by atoms with van der Waals surface area (Å²) in [6.45, 7) is 18.7. The van der Waals surface area contributed by atoms with Crippen LogP contribution in [0.2, 0.25) is 0 Å². The van der Waals surface area contributed by atoms with E-state index < -0.39 is 29.0 Å². The maximum atomic E-state index is 12.8. The van der Waals surface area contributed by atoms with Crippen LogP contribution in [0.25, 0.3) is 0 Å². The van der Waals surface area contributed by atoms with Crippen molar-refractivity contribution in [2.45, 2.75) is 132 Å². The molecule has 1 heterocycles. The lowest BCUT2D eigenvalue weighted by Crippen LogP contribution is -2.46. The van der Waals surface area contributed by atoms with Crippen molar-refractivity contribution in [2.75, 3.05) is 23.4 Å². The monoisotopic (exact) mass is 793 g/mol. The Morgan fingerprint density at radius 3 is 2.00 bits per heavy atom. The van der Waals surface area contributed by atoms with E-state index in [1.165, 1.54) is 18.2 Å². The summed E-state index contributed by atoms with van der Waals surface area (Å²) in [5, 5.41) is 10.9. The van der Waals surface area contributed by atoms with E-state index in [-0.39, 0.29) is 73.8 Å². The number of carbonyl (C=O) groups excluding carboxylic acids is 7. The van der Waals surface area contributed by atoms with Gasteiger partial charge in [-0.3, -0.25) is 38.5 Å². The molecule has 3 rings (SSSR count). The number of amides is 6. The van der Waals surface area contributed by atoms with Crippen molar-refractivity contribution in [2.24, 2.45) is 11.8 Å². The molecule has 14 nitrogen and oxygen atoms in total. The summed E-state index contributed by atoms with van der Waals surface area (Å²) in [5.74, 6) is -2.78. The molecule has 314 valence electrons. The molecule has 0 radical (unpaired) electrons. The molecule has 57 heavy (non-hydrogen) atoms. The average Bonchev–Trinajstić information content (AvgIpc) is 3.39. The SMILES string of the molecule is CC(C)C(=O)OCc1ccc(NC(=O)C(C)NC(=O)CNC(=O)CCC(C)(C)OCCC(C)(C)NC(=O)Cc2ccc(N3C(=O)CC(C)C3=O)cc2)cc1.CCC. The molecule has 2 unspecified atom stereocenters. The van der Waals surface area contributed by atoms with Crippen molar-refractivity contribution >= 4 is 52.8 Å². The highest BCUT2D eigenvalue weighted by Gasteiger charge is 2.36. The predicted octanol–water partition coefficient (Wildman–Crippen LogP) is 5.36. The Labute approximate surface area is 337 Å². The molecule has 1 fully saturated rings. The lowest BCUT2D eigenvalue weighted by atomic mass is 9.99. The number of imide groups is 1. The van der Waals surface area contributed by atoms with E-state index in [9.17, 15) is 33.6 Å². The van der Waals surface area contributed by atoms with Gasteiger partial charge in [-0.15, -0.1) is 0 Å². The number of carbonyl (C=O) groups is 7. The Kier molecular flexibility index (Phi) is 19.0. The van der Waals surface area contributed by atoms with Crippen molar-refractivity contribution < 1.29 is 43.0 Å². The molecule has 0 saturated carbocycles. The number of nitrogens with one attached hydrogen (secondary N) is 4. The van der Waals surface area contributed by atoms with E-state index in [1.807, 2.05) is 27.7 Å². The summed E-state index contributed by atoms with van der Waals surface area (Å²) in [5.41, 5.74) is 1.29. The van der Waals surface area contributed by atoms with Crippen molar-refractivity contribution in [1.82, 2.24) is 16.0 Å². The maximum Gasteiger partial charge on any atom is 0.308 e. The molecule has 1 aliphatic heterocycles. The second kappa shape index (κ2) is 22.6. The first-order chi connectivity index (χ1) is 26.7. The van der Waals surface area contributed by atoms with Gasteiger partial charge in [-0.25, -0.2) is 0 Å². The Morgan fingerprint density at radius 2 is 1.44 bits per heavy atom. The lowest BCUT2D eigenvalue weighted by Gasteiger charge is -2.30. The smallest absolute Gasteiger partial charge is 0.308 e. The van der Waals surface area contributed by atoms with E-state index in [0.717, 1.165) is 11.1 Å². The summed E-state index contributed by atoms with van der Waals surface area (Å²) in [6.07, 6.45) is 2.58. The van der Waals surface area contributed by atoms with Gasteiger partial charge in [0.25, 0.3) is 0 Å². The van der Waals surface area contributed by atoms with E-state index in [2.05, 4.69) is 35.1 Å². The van der Waals surface area contributed by atoms with Gasteiger partial charge in [0.2, 0.25) is 35.4 Å². The molecule has 0 bridgehead atoms. The molecule has 0 spiro atoms. The molecule has 6 amide bonds. The van der Waals surface area contributed by atoms with Crippen LogP contribution in [0.15, 0.2) is 48.5 Å². The fourth-order valence-electron chi connectivity index (χ4n) is 5.44. The van der Waals surface area contributed by atoms with Crippen LogP contribution in [-0.2, 0) is 56.1 Å². The predicted molar refractivity (Wildman–Crippen MR) is 219 cm³/mol. The number of esters is 1. The van der Waals surface area contributed by atoms with Gasteiger partial charge < -0.3 is 30.7 Å². The van der Waals surface area contributed by atoms with Crippen LogP contribution in [0, 0.1) is 11.8 Å². The molecule has 0 aromatic heterocycles. The number of hydrogen-bond donors (Lipinski definition) is 4. The second-order valence-corrected chi connectivity index (χ2v) is 16.0. The number of ether oxygens (including phenoxy) is 2. The van der Waals surface area contributed by atoms with Crippen LogP contribution in [0.3, 0.4) is 0 Å². The van der Waals surface area contributed by atoms with Gasteiger partial charge in [-0.05, 0) is 82.9 Å². The Hall–Kier alpha value is -5.11. The quantitative estimate of drug-likeness (QED) is 0.107. The summed E-state index contributed by atoms with van der Waals surface area (Å²) in [4.78, 5) is 87.6. The fourth-order valence-corrected chi connectivity index (χ4v) is 5.44. The highest BCUT2D eigenvalue weighted by Crippen LogP contribution is 2.26. The molecule has 4 N–H and O–H groups in total. The number of nitrogens with zero attached hydrogens (tertiary/aromatic N) is 1. The van der Waals surface area contributed by atoms with Gasteiger partial charge in [0.1, 0.15) is 12.6 Å². The minimum Gasteiger partial charge on any atom is -0.461 e. The van der Waals surface area contributed by atoms with Crippen molar-refractivity contribution in [3.8, 4) is 0 Å². The van der Waals surface area contributed by atoms with E-state index >= 15 is 0 Å². The summed E-state index contributed by atoms with van der Waals surface area (Å²) >= 11 is 0. The van der Waals surface area contributed by atoms with Crippen molar-refractivity contribution in [3.05, 3.63) is 59.7 Å². The van der Waals surface area contributed by atoms with Crippen LogP contribution in [0.5, 0.6) is 0 Å². The number of rotatable bonds is 19. The molecule has 14 heteroatoms. The van der Waals surface area contributed by atoms with E-state index in [0.29, 0.717) is 30.8 Å². The highest BCUT2D eigenvalue weighted by molar-refractivity contribution is 6.20. The van der Waals surface area contributed by atoms with Gasteiger partial charge in [0.05, 0.1) is 30.2 Å². The van der Waals surface area contributed by atoms with Gasteiger partial charge in [-0.1, -0.05) is 65.3 Å². The molecule has 2 aromatic rings. The highest BCUT2D eigenvalue weighted by atomic mass is 16.5. The molecule has 2 aromatic carbocycles. The zero-order valence-electron chi connectivity index (χ0n) is 35.3. The van der Waals surface area contributed by atoms with E-state index in [1.54, 1.807) is 69.3 Å². The summed E-state index contributed by atoms with van der Waals surface area (Å²) in [6, 6.07) is 12.8. The average molecular weight is 794 g/mol. The zero-order valence-corrected chi connectivity index (χ0v) is 35.3. The summed E-state index contributed by atoms with van der Waals surface area (Å²) < 4.78 is 11.3. The molecule has 0 aliphatic carbocycles. The van der Waals surface area contributed by atoms with Crippen LogP contribution in [-0.4, -0.2) is 71.7 Å². The third-order valence-electron chi connectivity index (χ3n) is 8.87. The zero-order chi connectivity index (χ0) is 42.9. The number of hydrogen-bond acceptors (Lipinski definition) is 9. The van der Waals surface area contributed by atoms with Crippen LogP contribution < -0.4 is 26.2 Å². The van der Waals surface area contributed by atoms with E-state index in [4.69, 9.17) is 9.47 Å². The van der Waals surface area contributed by atoms with Crippen LogP contribution >= 0.6 is 0 Å². The lowest BCUT2D eigenvalue weighted by molar-refractivity contribution is -0.148. The molecular weight excluding hydrogens is 730 g/mol. The van der Waals surface area contributed by atoms with Gasteiger partial charge in [0.15, 0.2) is 0 Å². The Balaban J connectivity index is 0.00000362. The van der Waals surface area contributed by atoms with Gasteiger partial charge >= 0.3 is 5.97 Å². The van der Waals surface area contributed by atoms with Gasteiger partial charge in [-0.2, -0.15) is 0 Å². The fraction of sp³-hybridized carbons (Fsp3) is 0.558. The second-order valence-electron chi connectivity index (χ2n) is 16.0. The maximum absolute atomic E-state index is 12.8. The normalized spacial score (nSPS) is 14.6. The Bertz CT molecular complexity index is 1690. The standard InChI is InChI=1S/C40H55N5O9.C3H8/c1-25(2)38(52)53-24-29-9-13-30(14-10-29)43-36(50)27(4)42-34(48)23-41-32(46)17-18-40(7,8)54-20-19-39(5,6)44-33(47)22-28-11-15-31(16-12-28)45-35(49)21-26(3)37(45)51;1-3-2/h9-16,25-27H,17-24H2,1-8H3,(H,41,46)(H,42,48)(H,43,50)(H,44,47);3H2,1-2H3. The van der Waals surface area contributed by atoms with Crippen molar-refractivity contribution in [1.29, 1.82) is 0 Å².